The van der Waals surface area contributed by atoms with Crippen molar-refractivity contribution in [1.82, 2.24) is 15.1 Å². The Labute approximate surface area is 92.9 Å². The molecular weight excluding hydrogens is 206 g/mol. The van der Waals surface area contributed by atoms with Gasteiger partial charge in [0.2, 0.25) is 0 Å². The maximum atomic E-state index is 11.5. The van der Waals surface area contributed by atoms with Crippen LogP contribution in [0, 0.1) is 20.8 Å². The number of nitrogens with one attached hydrogen (secondary N) is 1. The lowest BCUT2D eigenvalue weighted by molar-refractivity contribution is 0.101. The Morgan fingerprint density at radius 1 is 1.31 bits per heavy atom. The summed E-state index contributed by atoms with van der Waals surface area (Å²) in [6.07, 6.45) is 0. The first-order valence-corrected chi connectivity index (χ1v) is 5.01. The molecule has 0 radical (unpaired) electrons. The van der Waals surface area contributed by atoms with Crippen molar-refractivity contribution < 1.29 is 9.32 Å². The Kier molecular flexibility index (Phi) is 2.38. The molecule has 0 saturated carbocycles. The topological polar surface area (TPSA) is 71.8 Å². The molecule has 5 nitrogen and oxygen atoms in total. The summed E-state index contributed by atoms with van der Waals surface area (Å²) in [4.78, 5) is 18.7. The zero-order chi connectivity index (χ0) is 11.9. The molecule has 0 aliphatic carbocycles. The highest BCUT2D eigenvalue weighted by Crippen LogP contribution is 2.26. The minimum absolute atomic E-state index is 0.0359. The third kappa shape index (κ3) is 1.54. The van der Waals surface area contributed by atoms with Crippen LogP contribution in [0.15, 0.2) is 4.52 Å². The molecule has 0 spiro atoms. The van der Waals surface area contributed by atoms with Gasteiger partial charge in [0.05, 0.1) is 0 Å². The van der Waals surface area contributed by atoms with Gasteiger partial charge in [-0.25, -0.2) is 0 Å². The van der Waals surface area contributed by atoms with Crippen molar-refractivity contribution in [1.29, 1.82) is 0 Å². The Morgan fingerprint density at radius 3 is 2.44 bits per heavy atom. The number of aromatic nitrogens is 3. The molecule has 0 bridgehead atoms. The van der Waals surface area contributed by atoms with Gasteiger partial charge in [0, 0.05) is 11.3 Å². The monoisotopic (exact) mass is 219 g/mol. The normalized spacial score (nSPS) is 10.8. The molecule has 5 heteroatoms. The molecule has 2 rings (SSSR count). The van der Waals surface area contributed by atoms with Crippen LogP contribution in [0.25, 0.3) is 11.6 Å². The predicted molar refractivity (Wildman–Crippen MR) is 58.3 cm³/mol. The Bertz CT molecular complexity index is 552. The Balaban J connectivity index is 2.59. The smallest absolute Gasteiger partial charge is 0.274 e. The van der Waals surface area contributed by atoms with Crippen molar-refractivity contribution in [2.75, 3.05) is 0 Å². The van der Waals surface area contributed by atoms with Crippen LogP contribution in [0.5, 0.6) is 0 Å². The molecule has 0 unspecified atom stereocenters. The van der Waals surface area contributed by atoms with E-state index in [2.05, 4.69) is 15.1 Å². The highest BCUT2D eigenvalue weighted by molar-refractivity contribution is 5.98. The van der Waals surface area contributed by atoms with Gasteiger partial charge >= 0.3 is 0 Å². The molecule has 2 aromatic heterocycles. The zero-order valence-electron chi connectivity index (χ0n) is 9.71. The standard InChI is InChI=1S/C11H13N3O2/c1-5-9(7(3)15)6(2)12-10(5)11-13-8(4)14-16-11/h12H,1-4H3. The lowest BCUT2D eigenvalue weighted by atomic mass is 10.1. The van der Waals surface area contributed by atoms with Crippen LogP contribution in [0.2, 0.25) is 0 Å². The van der Waals surface area contributed by atoms with Gasteiger partial charge < -0.3 is 9.51 Å². The van der Waals surface area contributed by atoms with E-state index in [0.29, 0.717) is 17.3 Å². The molecule has 0 aromatic carbocycles. The summed E-state index contributed by atoms with van der Waals surface area (Å²) in [7, 11) is 0. The minimum atomic E-state index is 0.0359. The summed E-state index contributed by atoms with van der Waals surface area (Å²) in [5.41, 5.74) is 3.11. The fourth-order valence-corrected chi connectivity index (χ4v) is 1.89. The number of ketones is 1. The predicted octanol–water partition coefficient (Wildman–Crippen LogP) is 2.19. The molecule has 84 valence electrons. The van der Waals surface area contributed by atoms with E-state index in [1.807, 2.05) is 13.8 Å². The summed E-state index contributed by atoms with van der Waals surface area (Å²) < 4.78 is 5.08. The summed E-state index contributed by atoms with van der Waals surface area (Å²) >= 11 is 0. The third-order valence-corrected chi connectivity index (χ3v) is 2.53. The van der Waals surface area contributed by atoms with E-state index in [1.54, 1.807) is 13.8 Å². The van der Waals surface area contributed by atoms with Crippen LogP contribution >= 0.6 is 0 Å². The number of aryl methyl sites for hydroxylation is 2. The number of carbonyl (C=O) groups excluding carboxylic acids is 1. The first kappa shape index (κ1) is 10.6. The Hall–Kier alpha value is -1.91. The SMILES string of the molecule is CC(=O)c1c(C)[nH]c(-c2nc(C)no2)c1C. The van der Waals surface area contributed by atoms with Gasteiger partial charge in [-0.2, -0.15) is 4.98 Å². The second kappa shape index (κ2) is 3.59. The second-order valence-corrected chi connectivity index (χ2v) is 3.83. The molecule has 1 N–H and O–H groups in total. The largest absolute Gasteiger partial charge is 0.354 e. The number of hydrogen-bond acceptors (Lipinski definition) is 4. The number of Topliss-reactive ketones (excluding diaryl/α,β-unsaturated/α-hetero) is 1. The van der Waals surface area contributed by atoms with Crippen LogP contribution in [-0.4, -0.2) is 20.9 Å². The number of carbonyl (C=O) groups is 1. The van der Waals surface area contributed by atoms with E-state index in [1.165, 1.54) is 0 Å². The average Bonchev–Trinajstić information content (AvgIpc) is 2.70. The van der Waals surface area contributed by atoms with Gasteiger partial charge in [0.1, 0.15) is 5.69 Å². The van der Waals surface area contributed by atoms with Gasteiger partial charge in [-0.3, -0.25) is 4.79 Å². The van der Waals surface area contributed by atoms with Gasteiger partial charge in [0.15, 0.2) is 11.6 Å². The minimum Gasteiger partial charge on any atom is -0.354 e. The number of nitrogens with zero attached hydrogens (tertiary/aromatic N) is 2. The van der Waals surface area contributed by atoms with Crippen LogP contribution in [0.4, 0.5) is 0 Å². The van der Waals surface area contributed by atoms with E-state index >= 15 is 0 Å². The number of aromatic amines is 1. The molecule has 0 atom stereocenters. The van der Waals surface area contributed by atoms with Crippen molar-refractivity contribution in [2.45, 2.75) is 27.7 Å². The maximum Gasteiger partial charge on any atom is 0.274 e. The summed E-state index contributed by atoms with van der Waals surface area (Å²) in [6, 6.07) is 0. The lowest BCUT2D eigenvalue weighted by Crippen LogP contribution is -1.94. The average molecular weight is 219 g/mol. The van der Waals surface area contributed by atoms with Crippen LogP contribution in [0.3, 0.4) is 0 Å². The highest BCUT2D eigenvalue weighted by Gasteiger charge is 2.19. The highest BCUT2D eigenvalue weighted by atomic mass is 16.5. The third-order valence-electron chi connectivity index (χ3n) is 2.53. The van der Waals surface area contributed by atoms with Crippen LogP contribution in [0.1, 0.15) is 34.4 Å². The van der Waals surface area contributed by atoms with Crippen molar-refractivity contribution >= 4 is 5.78 Å². The Morgan fingerprint density at radius 2 is 2.00 bits per heavy atom. The molecule has 2 heterocycles. The number of H-pyrrole nitrogens is 1. The first-order chi connectivity index (χ1) is 7.50. The van der Waals surface area contributed by atoms with Crippen LogP contribution in [-0.2, 0) is 0 Å². The van der Waals surface area contributed by atoms with Gasteiger partial charge in [-0.1, -0.05) is 5.16 Å². The molecular formula is C11H13N3O2. The number of rotatable bonds is 2. The van der Waals surface area contributed by atoms with Gasteiger partial charge in [-0.15, -0.1) is 0 Å². The summed E-state index contributed by atoms with van der Waals surface area (Å²) in [5.74, 6) is 1.03. The molecule has 0 saturated heterocycles. The van der Waals surface area contributed by atoms with Crippen LogP contribution < -0.4 is 0 Å². The lowest BCUT2D eigenvalue weighted by Gasteiger charge is -1.94. The number of hydrogen-bond donors (Lipinski definition) is 1. The molecule has 0 fully saturated rings. The molecule has 0 amide bonds. The molecule has 2 aromatic rings. The van der Waals surface area contributed by atoms with E-state index in [0.717, 1.165) is 17.0 Å². The summed E-state index contributed by atoms with van der Waals surface area (Å²) in [6.45, 7) is 7.03. The molecule has 0 aliphatic rings. The van der Waals surface area contributed by atoms with Gasteiger partial charge in [0.25, 0.3) is 5.89 Å². The van der Waals surface area contributed by atoms with Crippen molar-refractivity contribution in [3.8, 4) is 11.6 Å². The first-order valence-electron chi connectivity index (χ1n) is 5.01. The molecule has 16 heavy (non-hydrogen) atoms. The second-order valence-electron chi connectivity index (χ2n) is 3.83. The van der Waals surface area contributed by atoms with E-state index in [9.17, 15) is 4.79 Å². The van der Waals surface area contributed by atoms with E-state index in [-0.39, 0.29) is 5.78 Å². The van der Waals surface area contributed by atoms with Crippen molar-refractivity contribution in [3.63, 3.8) is 0 Å². The fourth-order valence-electron chi connectivity index (χ4n) is 1.89. The summed E-state index contributed by atoms with van der Waals surface area (Å²) in [5, 5.41) is 3.73. The quantitative estimate of drug-likeness (QED) is 0.786. The zero-order valence-corrected chi connectivity index (χ0v) is 9.71. The van der Waals surface area contributed by atoms with Crippen molar-refractivity contribution in [2.24, 2.45) is 0 Å². The maximum absolute atomic E-state index is 11.5. The van der Waals surface area contributed by atoms with Gasteiger partial charge in [-0.05, 0) is 33.3 Å². The van der Waals surface area contributed by atoms with Crippen molar-refractivity contribution in [3.05, 3.63) is 22.6 Å². The molecule has 0 aliphatic heterocycles. The van der Waals surface area contributed by atoms with E-state index < -0.39 is 0 Å². The fraction of sp³-hybridized carbons (Fsp3) is 0.364. The van der Waals surface area contributed by atoms with E-state index in [4.69, 9.17) is 4.52 Å².